The smallest absolute Gasteiger partial charge is 0.326 e. The van der Waals surface area contributed by atoms with Crippen LogP contribution in [0.25, 0.3) is 0 Å². The number of amides is 3. The highest BCUT2D eigenvalue weighted by Gasteiger charge is 2.52. The van der Waals surface area contributed by atoms with Gasteiger partial charge in [0.25, 0.3) is 0 Å². The van der Waals surface area contributed by atoms with E-state index in [-0.39, 0.29) is 17.5 Å². The number of piperidine rings is 1. The Kier molecular flexibility index (Phi) is 8.06. The third kappa shape index (κ3) is 5.59. The van der Waals surface area contributed by atoms with Gasteiger partial charge in [-0.2, -0.15) is 0 Å². The summed E-state index contributed by atoms with van der Waals surface area (Å²) in [6, 6.07) is 12.0. The first kappa shape index (κ1) is 27.4. The average molecular weight is 536 g/mol. The fraction of sp³-hybridized carbons (Fsp3) is 0.552. The molecule has 2 N–H and O–H groups in total. The van der Waals surface area contributed by atoms with Crippen molar-refractivity contribution in [2.75, 3.05) is 65.4 Å². The molecule has 0 saturated carbocycles. The predicted molar refractivity (Wildman–Crippen MR) is 151 cm³/mol. The number of aromatic nitrogens is 1. The van der Waals surface area contributed by atoms with E-state index in [1.807, 2.05) is 64.0 Å². The molecule has 39 heavy (non-hydrogen) atoms. The number of hydrogen-bond donors (Lipinski definition) is 2. The quantitative estimate of drug-likeness (QED) is 0.536. The van der Waals surface area contributed by atoms with Crippen LogP contribution in [0.2, 0.25) is 0 Å². The molecule has 0 bridgehead atoms. The van der Waals surface area contributed by atoms with E-state index in [9.17, 15) is 9.59 Å². The zero-order chi connectivity index (χ0) is 27.6. The van der Waals surface area contributed by atoms with Crippen molar-refractivity contribution in [1.29, 1.82) is 0 Å². The molecule has 1 spiro atoms. The molecule has 5 rings (SSSR count). The molecule has 1 aromatic carbocycles. The number of aryl methyl sites for hydroxylation is 1. The maximum Gasteiger partial charge on any atom is 0.326 e. The van der Waals surface area contributed by atoms with Crippen LogP contribution in [0.15, 0.2) is 36.4 Å². The number of hydrogen-bond acceptors (Lipinski definition) is 7. The summed E-state index contributed by atoms with van der Waals surface area (Å²) in [5.41, 5.74) is 9.34. The number of urea groups is 1. The summed E-state index contributed by atoms with van der Waals surface area (Å²) in [6.07, 6.45) is 2.27. The second-order valence-electron chi connectivity index (χ2n) is 11.2. The number of likely N-dealkylation sites (tertiary alicyclic amines) is 1. The summed E-state index contributed by atoms with van der Waals surface area (Å²) in [6.45, 7) is 6.58. The van der Waals surface area contributed by atoms with Crippen molar-refractivity contribution in [2.24, 2.45) is 0 Å². The fourth-order valence-corrected chi connectivity index (χ4v) is 6.12. The number of pyridine rings is 1. The van der Waals surface area contributed by atoms with Crippen molar-refractivity contribution in [3.05, 3.63) is 53.2 Å². The Morgan fingerprint density at radius 2 is 1.90 bits per heavy atom. The Labute approximate surface area is 231 Å². The van der Waals surface area contributed by atoms with E-state index in [4.69, 9.17) is 9.72 Å². The van der Waals surface area contributed by atoms with E-state index in [2.05, 4.69) is 23.8 Å². The highest BCUT2D eigenvalue weighted by molar-refractivity contribution is 5.94. The highest BCUT2D eigenvalue weighted by Crippen LogP contribution is 2.39. The summed E-state index contributed by atoms with van der Waals surface area (Å²) in [7, 11) is 5.48. The topological polar surface area (TPSA) is 93.3 Å². The van der Waals surface area contributed by atoms with Crippen LogP contribution in [0.5, 0.6) is 5.75 Å². The van der Waals surface area contributed by atoms with Crippen LogP contribution in [0.1, 0.15) is 42.5 Å². The van der Waals surface area contributed by atoms with Crippen LogP contribution in [-0.4, -0.2) is 97.6 Å². The number of anilines is 1. The first-order chi connectivity index (χ1) is 18.8. The van der Waals surface area contributed by atoms with Gasteiger partial charge in [0.05, 0.1) is 25.7 Å². The summed E-state index contributed by atoms with van der Waals surface area (Å²) >= 11 is 0. The van der Waals surface area contributed by atoms with Crippen LogP contribution in [-0.2, 0) is 17.8 Å². The Morgan fingerprint density at radius 3 is 2.56 bits per heavy atom. The minimum atomic E-state index is -0.374. The highest BCUT2D eigenvalue weighted by atomic mass is 16.5. The zero-order valence-electron chi connectivity index (χ0n) is 23.6. The first-order valence-corrected chi connectivity index (χ1v) is 13.9. The molecule has 10 heteroatoms. The fourth-order valence-electron chi connectivity index (χ4n) is 6.12. The van der Waals surface area contributed by atoms with Gasteiger partial charge in [-0.25, -0.2) is 9.78 Å². The number of carbonyl (C=O) groups excluding carboxylic acids is 2. The van der Waals surface area contributed by atoms with Gasteiger partial charge in [-0.15, -0.1) is 0 Å². The molecule has 3 aliphatic heterocycles. The first-order valence-electron chi connectivity index (χ1n) is 13.9. The number of rotatable bonds is 8. The van der Waals surface area contributed by atoms with E-state index >= 15 is 0 Å². The molecule has 210 valence electrons. The standard InChI is InChI=1S/C29H41N7O3/c1-5-25-24(22-16-30-31-17-22)9-10-26(32-25)35-20-29(11-13-34(14-12-29)27(37)19-33(2)3)36(28(35)38)18-21-7-6-8-23(15-21)39-4/h6-10,15,22,30-31H,5,11-14,16-20H2,1-4H3. The van der Waals surface area contributed by atoms with Gasteiger partial charge >= 0.3 is 6.03 Å². The molecule has 2 aromatic rings. The normalized spacial score (nSPS) is 19.5. The Balaban J connectivity index is 1.43. The lowest BCUT2D eigenvalue weighted by Gasteiger charge is -2.44. The van der Waals surface area contributed by atoms with Crippen molar-refractivity contribution in [3.8, 4) is 5.75 Å². The van der Waals surface area contributed by atoms with Crippen LogP contribution in [0, 0.1) is 0 Å². The third-order valence-electron chi connectivity index (χ3n) is 8.33. The molecular formula is C29H41N7O3. The Morgan fingerprint density at radius 1 is 1.15 bits per heavy atom. The lowest BCUT2D eigenvalue weighted by Crippen LogP contribution is -2.55. The van der Waals surface area contributed by atoms with Crippen LogP contribution in [0.4, 0.5) is 10.6 Å². The molecule has 1 aromatic heterocycles. The lowest BCUT2D eigenvalue weighted by molar-refractivity contribution is -0.134. The second-order valence-corrected chi connectivity index (χ2v) is 11.2. The van der Waals surface area contributed by atoms with Gasteiger partial charge in [0, 0.05) is 44.3 Å². The molecule has 10 nitrogen and oxygen atoms in total. The molecular weight excluding hydrogens is 494 g/mol. The minimum absolute atomic E-state index is 0.0302. The van der Waals surface area contributed by atoms with Crippen molar-refractivity contribution >= 4 is 17.8 Å². The summed E-state index contributed by atoms with van der Waals surface area (Å²) in [4.78, 5) is 39.6. The average Bonchev–Trinajstić information content (AvgIpc) is 3.57. The Bertz CT molecular complexity index is 1190. The molecule has 0 radical (unpaired) electrons. The third-order valence-corrected chi connectivity index (χ3v) is 8.33. The van der Waals surface area contributed by atoms with Crippen molar-refractivity contribution in [1.82, 2.24) is 30.5 Å². The minimum Gasteiger partial charge on any atom is -0.497 e. The zero-order valence-corrected chi connectivity index (χ0v) is 23.6. The molecule has 3 saturated heterocycles. The van der Waals surface area contributed by atoms with Crippen LogP contribution >= 0.6 is 0 Å². The number of nitrogens with zero attached hydrogens (tertiary/aromatic N) is 5. The number of methoxy groups -OCH3 is 1. The van der Waals surface area contributed by atoms with Crippen molar-refractivity contribution < 1.29 is 14.3 Å². The van der Waals surface area contributed by atoms with Gasteiger partial charge < -0.3 is 19.4 Å². The van der Waals surface area contributed by atoms with Gasteiger partial charge in [0.1, 0.15) is 11.6 Å². The van der Waals surface area contributed by atoms with Crippen molar-refractivity contribution in [3.63, 3.8) is 0 Å². The van der Waals surface area contributed by atoms with Crippen LogP contribution < -0.4 is 20.5 Å². The predicted octanol–water partition coefficient (Wildman–Crippen LogP) is 2.21. The van der Waals surface area contributed by atoms with Gasteiger partial charge in [0.2, 0.25) is 5.91 Å². The molecule has 0 aliphatic carbocycles. The molecule has 3 fully saturated rings. The maximum absolute atomic E-state index is 14.1. The van der Waals surface area contributed by atoms with Gasteiger partial charge in [-0.3, -0.25) is 20.5 Å². The van der Waals surface area contributed by atoms with E-state index in [0.29, 0.717) is 44.5 Å². The van der Waals surface area contributed by atoms with E-state index in [1.165, 1.54) is 5.56 Å². The van der Waals surface area contributed by atoms with Crippen LogP contribution in [0.3, 0.4) is 0 Å². The molecule has 3 amide bonds. The molecule has 0 unspecified atom stereocenters. The summed E-state index contributed by atoms with van der Waals surface area (Å²) in [5.74, 6) is 1.99. The van der Waals surface area contributed by atoms with E-state index in [1.54, 1.807) is 7.11 Å². The van der Waals surface area contributed by atoms with E-state index < -0.39 is 0 Å². The summed E-state index contributed by atoms with van der Waals surface area (Å²) < 4.78 is 5.44. The largest absolute Gasteiger partial charge is 0.497 e. The number of hydrazine groups is 1. The SMILES string of the molecule is CCc1nc(N2CC3(CCN(C(=O)CN(C)C)CC3)N(Cc3cccc(OC)c3)C2=O)ccc1C1CNNC1. The Hall–Kier alpha value is -3.21. The number of benzene rings is 1. The molecule has 3 aliphatic rings. The maximum atomic E-state index is 14.1. The number of nitrogens with one attached hydrogen (secondary N) is 2. The van der Waals surface area contributed by atoms with Gasteiger partial charge in [0.15, 0.2) is 0 Å². The summed E-state index contributed by atoms with van der Waals surface area (Å²) in [5, 5.41) is 0. The number of carbonyl (C=O) groups is 2. The monoisotopic (exact) mass is 535 g/mol. The van der Waals surface area contributed by atoms with Gasteiger partial charge in [-0.05, 0) is 62.7 Å². The lowest BCUT2D eigenvalue weighted by atomic mass is 9.86. The second kappa shape index (κ2) is 11.5. The number of ether oxygens (including phenoxy) is 1. The molecule has 0 atom stereocenters. The van der Waals surface area contributed by atoms with E-state index in [0.717, 1.165) is 49.4 Å². The van der Waals surface area contributed by atoms with Crippen molar-refractivity contribution in [2.45, 2.75) is 44.2 Å². The van der Waals surface area contributed by atoms with Gasteiger partial charge in [-0.1, -0.05) is 25.1 Å². The number of likely N-dealkylation sites (N-methyl/N-ethyl adjacent to an activating group) is 1. The molecule has 4 heterocycles.